The summed E-state index contributed by atoms with van der Waals surface area (Å²) >= 11 is 0. The number of hydrogen-bond donors (Lipinski definition) is 0. The second kappa shape index (κ2) is 10.7. The van der Waals surface area contributed by atoms with Crippen LogP contribution in [0.5, 0.6) is 0 Å². The third-order valence-electron chi connectivity index (χ3n) is 9.65. The van der Waals surface area contributed by atoms with E-state index in [0.717, 1.165) is 71.1 Å². The molecule has 6 aromatic carbocycles. The van der Waals surface area contributed by atoms with E-state index in [9.17, 15) is 10.5 Å². The number of nitriles is 2. The molecule has 0 fully saturated rings. The second-order valence-electron chi connectivity index (χ2n) is 12.1. The highest BCUT2D eigenvalue weighted by atomic mass is 15.0. The highest BCUT2D eigenvalue weighted by molar-refractivity contribution is 6.19. The largest absolute Gasteiger partial charge is 0.309 e. The molecule has 0 saturated carbocycles. The van der Waals surface area contributed by atoms with Gasteiger partial charge in [-0.15, -0.1) is 0 Å². The van der Waals surface area contributed by atoms with E-state index >= 15 is 0 Å². The standard InChI is InChI=1S/C44H27N5/c1-3-13-29(4-2)47-37-18-9-7-16-32(37)34-25-43-35(24-42(34)47)33-17-8-10-19-38(33)48(43)41-23-22-28(26-45)44(36(41)27-46)49-39-20-11-5-14-30(39)31-15-6-12-21-40(31)49/h3-25H,1-2H2/b29-13+. The Morgan fingerprint density at radius 3 is 1.61 bits per heavy atom. The molecule has 9 aromatic rings. The summed E-state index contributed by atoms with van der Waals surface area (Å²) < 4.78 is 6.49. The molecule has 5 heteroatoms. The van der Waals surface area contributed by atoms with Crippen LogP contribution in [-0.2, 0) is 0 Å². The highest BCUT2D eigenvalue weighted by Gasteiger charge is 2.24. The van der Waals surface area contributed by atoms with Crippen molar-refractivity contribution in [3.05, 3.63) is 164 Å². The predicted molar refractivity (Wildman–Crippen MR) is 202 cm³/mol. The SMILES string of the molecule is C=C/C=C(\C=C)n1c2ccccc2c2cc3c(cc21)c1ccccc1n3-c1ccc(C#N)c(-n2c3ccccc3c3ccccc32)c1C#N. The van der Waals surface area contributed by atoms with Crippen LogP contribution in [-0.4, -0.2) is 13.7 Å². The average Bonchev–Trinajstić information content (AvgIpc) is 3.77. The first-order valence-corrected chi connectivity index (χ1v) is 16.1. The van der Waals surface area contributed by atoms with Gasteiger partial charge in [-0.05, 0) is 60.7 Å². The number of benzene rings is 6. The third kappa shape index (κ3) is 3.85. The Kier molecular flexibility index (Phi) is 6.17. The van der Waals surface area contributed by atoms with E-state index in [2.05, 4.69) is 106 Å². The first-order valence-electron chi connectivity index (χ1n) is 16.1. The molecule has 0 spiro atoms. The summed E-state index contributed by atoms with van der Waals surface area (Å²) in [5.74, 6) is 0. The zero-order valence-corrected chi connectivity index (χ0v) is 26.4. The van der Waals surface area contributed by atoms with Crippen molar-refractivity contribution in [3.8, 4) is 23.5 Å². The van der Waals surface area contributed by atoms with Gasteiger partial charge in [0, 0.05) is 38.0 Å². The van der Waals surface area contributed by atoms with Gasteiger partial charge in [0.1, 0.15) is 17.7 Å². The Labute approximate surface area is 282 Å². The summed E-state index contributed by atoms with van der Waals surface area (Å²) in [5, 5.41) is 28.0. The van der Waals surface area contributed by atoms with E-state index in [-0.39, 0.29) is 0 Å². The quantitative estimate of drug-likeness (QED) is 0.179. The lowest BCUT2D eigenvalue weighted by Crippen LogP contribution is -2.06. The molecule has 49 heavy (non-hydrogen) atoms. The molecule has 228 valence electrons. The van der Waals surface area contributed by atoms with E-state index in [4.69, 9.17) is 0 Å². The molecule has 0 aliphatic heterocycles. The Morgan fingerprint density at radius 2 is 1.04 bits per heavy atom. The maximum Gasteiger partial charge on any atom is 0.104 e. The molecule has 9 rings (SSSR count). The smallest absolute Gasteiger partial charge is 0.104 e. The molecule has 0 bridgehead atoms. The number of allylic oxidation sites excluding steroid dienone is 4. The Hall–Kier alpha value is -7.08. The fourth-order valence-corrected chi connectivity index (χ4v) is 7.69. The van der Waals surface area contributed by atoms with Crippen molar-refractivity contribution in [2.75, 3.05) is 0 Å². The molecule has 3 heterocycles. The molecule has 0 aliphatic rings. The van der Waals surface area contributed by atoms with Crippen LogP contribution in [0.1, 0.15) is 11.1 Å². The minimum absolute atomic E-state index is 0.429. The molecule has 0 aliphatic carbocycles. The van der Waals surface area contributed by atoms with Crippen molar-refractivity contribution >= 4 is 71.1 Å². The van der Waals surface area contributed by atoms with Crippen LogP contribution in [0.2, 0.25) is 0 Å². The van der Waals surface area contributed by atoms with Gasteiger partial charge in [-0.3, -0.25) is 0 Å². The topological polar surface area (TPSA) is 62.4 Å². The maximum atomic E-state index is 11.0. The van der Waals surface area contributed by atoms with E-state index in [1.54, 1.807) is 6.08 Å². The van der Waals surface area contributed by atoms with Crippen molar-refractivity contribution in [1.29, 1.82) is 10.5 Å². The maximum absolute atomic E-state index is 11.0. The fourth-order valence-electron chi connectivity index (χ4n) is 7.69. The van der Waals surface area contributed by atoms with E-state index in [1.165, 1.54) is 0 Å². The summed E-state index contributed by atoms with van der Waals surface area (Å²) in [6, 6.07) is 46.2. The van der Waals surface area contributed by atoms with Gasteiger partial charge in [0.25, 0.3) is 0 Å². The molecule has 3 aromatic heterocycles. The van der Waals surface area contributed by atoms with Crippen LogP contribution in [0.25, 0.3) is 82.5 Å². The van der Waals surface area contributed by atoms with Crippen LogP contribution in [0.4, 0.5) is 0 Å². The first-order chi connectivity index (χ1) is 24.2. The number of aromatic nitrogens is 3. The zero-order valence-electron chi connectivity index (χ0n) is 26.4. The average molecular weight is 626 g/mol. The van der Waals surface area contributed by atoms with Crippen LogP contribution in [0.15, 0.2) is 153 Å². The molecule has 5 nitrogen and oxygen atoms in total. The third-order valence-corrected chi connectivity index (χ3v) is 9.65. The molecule has 0 N–H and O–H groups in total. The minimum atomic E-state index is 0.429. The van der Waals surface area contributed by atoms with Gasteiger partial charge in [-0.25, -0.2) is 0 Å². The van der Waals surface area contributed by atoms with Gasteiger partial charge in [0.2, 0.25) is 0 Å². The number of fused-ring (bicyclic) bond motifs is 9. The molecule has 0 atom stereocenters. The monoisotopic (exact) mass is 625 g/mol. The van der Waals surface area contributed by atoms with Gasteiger partial charge in [-0.2, -0.15) is 10.5 Å². The van der Waals surface area contributed by atoms with E-state index < -0.39 is 0 Å². The number of para-hydroxylation sites is 4. The Bertz CT molecular complexity index is 2950. The first kappa shape index (κ1) is 28.2. The number of nitrogens with zero attached hydrogens (tertiary/aromatic N) is 5. The van der Waals surface area contributed by atoms with E-state index in [1.807, 2.05) is 66.7 Å². The molecule has 0 unspecified atom stereocenters. The van der Waals surface area contributed by atoms with Crippen LogP contribution >= 0.6 is 0 Å². The summed E-state index contributed by atoms with van der Waals surface area (Å²) in [5.41, 5.74) is 9.03. The second-order valence-corrected chi connectivity index (χ2v) is 12.1. The van der Waals surface area contributed by atoms with Gasteiger partial charge >= 0.3 is 0 Å². The molecule has 0 amide bonds. The van der Waals surface area contributed by atoms with Crippen LogP contribution in [0, 0.1) is 22.7 Å². The summed E-state index contributed by atoms with van der Waals surface area (Å²) in [6.07, 6.45) is 5.61. The zero-order chi connectivity index (χ0) is 33.2. The molecular formula is C44H27N5. The number of hydrogen-bond acceptors (Lipinski definition) is 2. The van der Waals surface area contributed by atoms with Gasteiger partial charge < -0.3 is 13.7 Å². The minimum Gasteiger partial charge on any atom is -0.309 e. The van der Waals surface area contributed by atoms with Crippen molar-refractivity contribution in [1.82, 2.24) is 13.7 Å². The molecule has 0 radical (unpaired) electrons. The Morgan fingerprint density at radius 1 is 0.531 bits per heavy atom. The highest BCUT2D eigenvalue weighted by Crippen LogP contribution is 2.42. The van der Waals surface area contributed by atoms with Crippen LogP contribution in [0.3, 0.4) is 0 Å². The van der Waals surface area contributed by atoms with Crippen molar-refractivity contribution < 1.29 is 0 Å². The lowest BCUT2D eigenvalue weighted by atomic mass is 10.0. The van der Waals surface area contributed by atoms with E-state index in [0.29, 0.717) is 22.5 Å². The fraction of sp³-hybridized carbons (Fsp3) is 0. The van der Waals surface area contributed by atoms with Crippen LogP contribution < -0.4 is 0 Å². The van der Waals surface area contributed by atoms with Gasteiger partial charge in [-0.1, -0.05) is 92.0 Å². The van der Waals surface area contributed by atoms with Crippen molar-refractivity contribution in [3.63, 3.8) is 0 Å². The summed E-state index contributed by atoms with van der Waals surface area (Å²) in [6.45, 7) is 8.05. The predicted octanol–water partition coefficient (Wildman–Crippen LogP) is 10.9. The normalized spacial score (nSPS) is 11.9. The summed E-state index contributed by atoms with van der Waals surface area (Å²) in [4.78, 5) is 0. The van der Waals surface area contributed by atoms with Crippen molar-refractivity contribution in [2.24, 2.45) is 0 Å². The Balaban J connectivity index is 1.44. The lowest BCUT2D eigenvalue weighted by Gasteiger charge is -2.17. The molecular weight excluding hydrogens is 599 g/mol. The number of rotatable bonds is 5. The van der Waals surface area contributed by atoms with Crippen molar-refractivity contribution in [2.45, 2.75) is 0 Å². The summed E-state index contributed by atoms with van der Waals surface area (Å²) in [7, 11) is 0. The molecule has 0 saturated heterocycles. The lowest BCUT2D eigenvalue weighted by molar-refractivity contribution is 1.11. The van der Waals surface area contributed by atoms with Gasteiger partial charge in [0.05, 0.1) is 50.0 Å². The van der Waals surface area contributed by atoms with Gasteiger partial charge in [0.15, 0.2) is 0 Å².